The van der Waals surface area contributed by atoms with Crippen LogP contribution < -0.4 is 9.46 Å². The lowest BCUT2D eigenvalue weighted by Crippen LogP contribution is -2.16. The van der Waals surface area contributed by atoms with Crippen molar-refractivity contribution in [1.29, 1.82) is 0 Å². The number of hydrogen-bond donors (Lipinski definition) is 1. The van der Waals surface area contributed by atoms with Crippen molar-refractivity contribution in [3.63, 3.8) is 0 Å². The first kappa shape index (κ1) is 17.5. The van der Waals surface area contributed by atoms with E-state index in [1.807, 2.05) is 13.8 Å². The van der Waals surface area contributed by atoms with E-state index in [0.29, 0.717) is 28.9 Å². The number of sulfonamides is 1. The Balaban J connectivity index is 2.14. The zero-order valence-corrected chi connectivity index (χ0v) is 14.6. The molecule has 0 saturated carbocycles. The summed E-state index contributed by atoms with van der Waals surface area (Å²) in [6.07, 6.45) is 2.86. The van der Waals surface area contributed by atoms with Crippen molar-refractivity contribution in [2.24, 2.45) is 5.92 Å². The van der Waals surface area contributed by atoms with Gasteiger partial charge in [0.05, 0.1) is 23.9 Å². The average molecular weight is 356 g/mol. The first-order valence-electron chi connectivity index (χ1n) is 7.02. The van der Waals surface area contributed by atoms with E-state index >= 15 is 0 Å². The van der Waals surface area contributed by atoms with Crippen molar-refractivity contribution in [2.45, 2.75) is 25.7 Å². The Morgan fingerprint density at radius 3 is 2.48 bits per heavy atom. The van der Waals surface area contributed by atoms with Crippen LogP contribution in [0.25, 0.3) is 0 Å². The summed E-state index contributed by atoms with van der Waals surface area (Å²) in [6.45, 7) is 6.26. The smallest absolute Gasteiger partial charge is 0.264 e. The number of rotatable bonds is 6. The molecule has 0 aliphatic rings. The van der Waals surface area contributed by atoms with Crippen LogP contribution >= 0.6 is 11.6 Å². The van der Waals surface area contributed by atoms with E-state index in [1.165, 1.54) is 24.5 Å². The van der Waals surface area contributed by atoms with Crippen molar-refractivity contribution >= 4 is 27.6 Å². The number of ether oxygens (including phenoxy) is 1. The molecule has 23 heavy (non-hydrogen) atoms. The molecule has 2 aromatic rings. The Bertz CT molecular complexity index is 777. The van der Waals surface area contributed by atoms with Crippen LogP contribution in [-0.2, 0) is 10.0 Å². The highest BCUT2D eigenvalue weighted by molar-refractivity contribution is 7.92. The monoisotopic (exact) mass is 355 g/mol. The average Bonchev–Trinajstić information content (AvgIpc) is 2.45. The molecule has 0 saturated heterocycles. The van der Waals surface area contributed by atoms with Gasteiger partial charge >= 0.3 is 0 Å². The molecule has 1 aromatic heterocycles. The van der Waals surface area contributed by atoms with Gasteiger partial charge in [-0.2, -0.15) is 0 Å². The van der Waals surface area contributed by atoms with Crippen LogP contribution in [0.5, 0.6) is 5.75 Å². The normalized spacial score (nSPS) is 11.5. The molecule has 0 radical (unpaired) electrons. The van der Waals surface area contributed by atoms with E-state index in [0.717, 1.165) is 0 Å². The van der Waals surface area contributed by atoms with Crippen LogP contribution in [-0.4, -0.2) is 25.0 Å². The highest BCUT2D eigenvalue weighted by atomic mass is 35.5. The third kappa shape index (κ3) is 4.80. The molecule has 0 amide bonds. The van der Waals surface area contributed by atoms with Crippen molar-refractivity contribution in [3.05, 3.63) is 41.2 Å². The van der Waals surface area contributed by atoms with Crippen LogP contribution in [0.2, 0.25) is 5.02 Å². The molecule has 0 aliphatic heterocycles. The van der Waals surface area contributed by atoms with Gasteiger partial charge in [-0.3, -0.25) is 0 Å². The molecule has 0 aliphatic carbocycles. The van der Waals surface area contributed by atoms with Crippen LogP contribution in [0.4, 0.5) is 5.95 Å². The third-order valence-electron chi connectivity index (χ3n) is 2.86. The molecule has 2 rings (SSSR count). The molecular formula is C15H18ClN3O3S. The Labute approximate surface area is 140 Å². The molecular weight excluding hydrogens is 338 g/mol. The van der Waals surface area contributed by atoms with Crippen molar-refractivity contribution in [3.8, 4) is 5.75 Å². The van der Waals surface area contributed by atoms with Gasteiger partial charge in [0.1, 0.15) is 0 Å². The first-order chi connectivity index (χ1) is 10.8. The molecule has 0 fully saturated rings. The highest BCUT2D eigenvalue weighted by Crippen LogP contribution is 2.21. The van der Waals surface area contributed by atoms with Gasteiger partial charge in [0, 0.05) is 5.02 Å². The van der Waals surface area contributed by atoms with Crippen molar-refractivity contribution < 1.29 is 13.2 Å². The maximum Gasteiger partial charge on any atom is 0.264 e. The number of benzene rings is 1. The van der Waals surface area contributed by atoms with Gasteiger partial charge in [-0.05, 0) is 36.6 Å². The zero-order chi connectivity index (χ0) is 17.0. The topological polar surface area (TPSA) is 81.2 Å². The molecule has 8 heteroatoms. The van der Waals surface area contributed by atoms with E-state index < -0.39 is 10.0 Å². The van der Waals surface area contributed by atoms with Gasteiger partial charge < -0.3 is 4.74 Å². The van der Waals surface area contributed by atoms with Gasteiger partial charge in [-0.1, -0.05) is 25.4 Å². The summed E-state index contributed by atoms with van der Waals surface area (Å²) >= 11 is 5.84. The van der Waals surface area contributed by atoms with Crippen LogP contribution in [0, 0.1) is 12.8 Å². The van der Waals surface area contributed by atoms with E-state index in [2.05, 4.69) is 14.7 Å². The van der Waals surface area contributed by atoms with Gasteiger partial charge in [-0.15, -0.1) is 0 Å². The van der Waals surface area contributed by atoms with Gasteiger partial charge in [0.15, 0.2) is 5.75 Å². The number of aromatic nitrogens is 2. The number of halogens is 1. The summed E-state index contributed by atoms with van der Waals surface area (Å²) in [4.78, 5) is 8.05. The number of nitrogens with zero attached hydrogens (tertiary/aromatic N) is 2. The summed E-state index contributed by atoms with van der Waals surface area (Å²) < 4.78 is 32.5. The minimum absolute atomic E-state index is 0.0174. The maximum absolute atomic E-state index is 12.4. The third-order valence-corrected chi connectivity index (χ3v) is 4.59. The highest BCUT2D eigenvalue weighted by Gasteiger charge is 2.18. The predicted molar refractivity (Wildman–Crippen MR) is 89.4 cm³/mol. The summed E-state index contributed by atoms with van der Waals surface area (Å²) in [7, 11) is -3.77. The maximum atomic E-state index is 12.4. The minimum Gasteiger partial charge on any atom is -0.490 e. The second kappa shape index (κ2) is 7.14. The molecule has 1 heterocycles. The molecule has 0 unspecified atom stereocenters. The SMILES string of the molecule is Cc1cc(Cl)ccc1S(=O)(=O)Nc1ncc(OCC(C)C)cn1. The standard InChI is InChI=1S/C15H18ClN3O3S/c1-10(2)9-22-13-7-17-15(18-8-13)19-23(20,21)14-5-4-12(16)6-11(14)3/h4-8,10H,9H2,1-3H3,(H,17,18,19). The van der Waals surface area contributed by atoms with Crippen LogP contribution in [0.3, 0.4) is 0 Å². The predicted octanol–water partition coefficient (Wildman–Crippen LogP) is 3.27. The lowest BCUT2D eigenvalue weighted by molar-refractivity contribution is 0.269. The fourth-order valence-electron chi connectivity index (χ4n) is 1.80. The number of nitrogens with one attached hydrogen (secondary N) is 1. The Kier molecular flexibility index (Phi) is 5.43. The number of anilines is 1. The van der Waals surface area contributed by atoms with E-state index in [1.54, 1.807) is 13.0 Å². The second-order valence-corrected chi connectivity index (χ2v) is 7.55. The van der Waals surface area contributed by atoms with Crippen LogP contribution in [0.15, 0.2) is 35.5 Å². The molecule has 6 nitrogen and oxygen atoms in total. The largest absolute Gasteiger partial charge is 0.490 e. The second-order valence-electron chi connectivity index (χ2n) is 5.46. The summed E-state index contributed by atoms with van der Waals surface area (Å²) in [5, 5.41) is 0.476. The molecule has 124 valence electrons. The molecule has 1 aromatic carbocycles. The van der Waals surface area contributed by atoms with Gasteiger partial charge in [-0.25, -0.2) is 23.1 Å². The van der Waals surface area contributed by atoms with E-state index in [-0.39, 0.29) is 10.8 Å². The lowest BCUT2D eigenvalue weighted by Gasteiger charge is -2.10. The summed E-state index contributed by atoms with van der Waals surface area (Å²) in [5.74, 6) is 0.849. The minimum atomic E-state index is -3.77. The van der Waals surface area contributed by atoms with E-state index in [4.69, 9.17) is 16.3 Å². The Hall–Kier alpha value is -1.86. The van der Waals surface area contributed by atoms with E-state index in [9.17, 15) is 8.42 Å². The molecule has 0 bridgehead atoms. The fourth-order valence-corrected chi connectivity index (χ4v) is 3.21. The van der Waals surface area contributed by atoms with Crippen molar-refractivity contribution in [2.75, 3.05) is 11.3 Å². The fraction of sp³-hybridized carbons (Fsp3) is 0.333. The van der Waals surface area contributed by atoms with Gasteiger partial charge in [0.2, 0.25) is 5.95 Å². The van der Waals surface area contributed by atoms with Crippen LogP contribution in [0.1, 0.15) is 19.4 Å². The molecule has 0 spiro atoms. The van der Waals surface area contributed by atoms with Crippen molar-refractivity contribution in [1.82, 2.24) is 9.97 Å². The van der Waals surface area contributed by atoms with Gasteiger partial charge in [0.25, 0.3) is 10.0 Å². The molecule has 1 N–H and O–H groups in total. The quantitative estimate of drug-likeness (QED) is 0.860. The number of aryl methyl sites for hydroxylation is 1. The first-order valence-corrected chi connectivity index (χ1v) is 8.88. The summed E-state index contributed by atoms with van der Waals surface area (Å²) in [6, 6.07) is 4.55. The number of hydrogen-bond acceptors (Lipinski definition) is 5. The summed E-state index contributed by atoms with van der Waals surface area (Å²) in [5.41, 5.74) is 0.543. The molecule has 0 atom stereocenters. The Morgan fingerprint density at radius 1 is 1.26 bits per heavy atom. The zero-order valence-electron chi connectivity index (χ0n) is 13.1. The lowest BCUT2D eigenvalue weighted by atomic mass is 10.2. The Morgan fingerprint density at radius 2 is 1.91 bits per heavy atom.